The summed E-state index contributed by atoms with van der Waals surface area (Å²) in [5.74, 6) is -2.71. The number of rotatable bonds is 3. The fourth-order valence-electron chi connectivity index (χ4n) is 4.23. The number of carboxylic acid groups (broad SMARTS) is 1. The summed E-state index contributed by atoms with van der Waals surface area (Å²) in [6.45, 7) is 0. The van der Waals surface area contributed by atoms with Crippen molar-refractivity contribution < 1.29 is 19.4 Å². The maximum atomic E-state index is 12.8. The van der Waals surface area contributed by atoms with Crippen LogP contribution in [-0.4, -0.2) is 34.2 Å². The Balaban J connectivity index is 1.46. The Morgan fingerprint density at radius 3 is 2.69 bits per heavy atom. The molecular formula is C19H16N2O4S. The van der Waals surface area contributed by atoms with Gasteiger partial charge in [-0.25, -0.2) is 4.98 Å². The molecule has 1 amide bonds. The first kappa shape index (κ1) is 15.7. The summed E-state index contributed by atoms with van der Waals surface area (Å²) >= 11 is 1.40. The molecule has 0 saturated carbocycles. The third-order valence-corrected chi connectivity index (χ3v) is 6.31. The number of benzene rings is 2. The van der Waals surface area contributed by atoms with E-state index in [0.29, 0.717) is 11.6 Å². The van der Waals surface area contributed by atoms with Gasteiger partial charge >= 0.3 is 5.97 Å². The summed E-state index contributed by atoms with van der Waals surface area (Å²) in [4.78, 5) is 28.9. The molecule has 2 aromatic carbocycles. The zero-order chi connectivity index (χ0) is 17.8. The zero-order valence-electron chi connectivity index (χ0n) is 13.7. The number of carboxylic acids is 1. The van der Waals surface area contributed by atoms with E-state index in [1.807, 2.05) is 36.4 Å². The SMILES string of the molecule is O=C(O)C1C2CCC(O2)C1C(=O)Nc1nc2c(ccc3ccccc32)s1. The number of nitrogens with zero attached hydrogens (tertiary/aromatic N) is 1. The molecule has 4 atom stereocenters. The van der Waals surface area contributed by atoms with E-state index in [2.05, 4.69) is 10.3 Å². The molecular weight excluding hydrogens is 352 g/mol. The summed E-state index contributed by atoms with van der Waals surface area (Å²) in [6.07, 6.45) is 0.777. The van der Waals surface area contributed by atoms with Gasteiger partial charge in [-0.05, 0) is 24.3 Å². The number of fused-ring (bicyclic) bond motifs is 5. The number of ether oxygens (including phenoxy) is 1. The molecule has 2 saturated heterocycles. The van der Waals surface area contributed by atoms with Gasteiger partial charge in [0.2, 0.25) is 5.91 Å². The van der Waals surface area contributed by atoms with Gasteiger partial charge in [0.25, 0.3) is 0 Å². The highest BCUT2D eigenvalue weighted by atomic mass is 32.1. The molecule has 3 aromatic rings. The average molecular weight is 368 g/mol. The van der Waals surface area contributed by atoms with Crippen molar-refractivity contribution in [1.82, 2.24) is 4.98 Å². The van der Waals surface area contributed by atoms with Crippen molar-refractivity contribution in [3.05, 3.63) is 36.4 Å². The van der Waals surface area contributed by atoms with Gasteiger partial charge in [-0.1, -0.05) is 41.7 Å². The molecule has 2 aliphatic rings. The Labute approximate surface area is 152 Å². The summed E-state index contributed by atoms with van der Waals surface area (Å²) in [7, 11) is 0. The molecule has 2 bridgehead atoms. The third kappa shape index (κ3) is 2.31. The van der Waals surface area contributed by atoms with Crippen molar-refractivity contribution in [3.63, 3.8) is 0 Å². The number of hydrogen-bond donors (Lipinski definition) is 2. The lowest BCUT2D eigenvalue weighted by Crippen LogP contribution is -2.40. The first-order valence-corrected chi connectivity index (χ1v) is 9.41. The predicted octanol–water partition coefficient (Wildman–Crippen LogP) is 3.27. The van der Waals surface area contributed by atoms with Gasteiger partial charge in [0.1, 0.15) is 0 Å². The second-order valence-electron chi connectivity index (χ2n) is 6.82. The molecule has 2 N–H and O–H groups in total. The van der Waals surface area contributed by atoms with Crippen molar-refractivity contribution in [2.45, 2.75) is 25.0 Å². The van der Waals surface area contributed by atoms with Crippen molar-refractivity contribution in [3.8, 4) is 0 Å². The fraction of sp³-hybridized carbons (Fsp3) is 0.316. The summed E-state index contributed by atoms with van der Waals surface area (Å²) in [5, 5.41) is 14.9. The van der Waals surface area contributed by atoms with Crippen LogP contribution >= 0.6 is 11.3 Å². The minimum atomic E-state index is -0.965. The number of amides is 1. The van der Waals surface area contributed by atoms with Crippen molar-refractivity contribution in [2.24, 2.45) is 11.8 Å². The normalized spacial score (nSPS) is 27.2. The lowest BCUT2D eigenvalue weighted by molar-refractivity contribution is -0.147. The Morgan fingerprint density at radius 2 is 1.88 bits per heavy atom. The maximum Gasteiger partial charge on any atom is 0.310 e. The van der Waals surface area contributed by atoms with Crippen molar-refractivity contribution in [1.29, 1.82) is 0 Å². The van der Waals surface area contributed by atoms with Crippen LogP contribution < -0.4 is 5.32 Å². The maximum absolute atomic E-state index is 12.8. The smallest absolute Gasteiger partial charge is 0.310 e. The highest BCUT2D eigenvalue weighted by Gasteiger charge is 2.55. The number of nitrogens with one attached hydrogen (secondary N) is 1. The monoisotopic (exact) mass is 368 g/mol. The number of thiazole rings is 1. The molecule has 1 aromatic heterocycles. The topological polar surface area (TPSA) is 88.5 Å². The second kappa shape index (κ2) is 5.75. The van der Waals surface area contributed by atoms with Gasteiger partial charge in [-0.2, -0.15) is 0 Å². The van der Waals surface area contributed by atoms with Crippen LogP contribution in [0.5, 0.6) is 0 Å². The highest BCUT2D eigenvalue weighted by molar-refractivity contribution is 7.22. The molecule has 3 heterocycles. The Kier molecular flexibility index (Phi) is 3.48. The minimum absolute atomic E-state index is 0.309. The van der Waals surface area contributed by atoms with E-state index in [-0.39, 0.29) is 18.1 Å². The quantitative estimate of drug-likeness (QED) is 0.741. The van der Waals surface area contributed by atoms with Crippen LogP contribution in [0.1, 0.15) is 12.8 Å². The molecule has 2 fully saturated rings. The van der Waals surface area contributed by atoms with Gasteiger partial charge < -0.3 is 15.2 Å². The standard InChI is InChI=1S/C19H16N2O4S/c22-17(14-11-6-7-12(25-11)15(14)18(23)24)21-19-20-16-10-4-2-1-3-9(10)5-8-13(16)26-19/h1-5,8,11-12,14-15H,6-7H2,(H,23,24)(H,20,21,22). The average Bonchev–Trinajstić information content (AvgIpc) is 3.34. The number of anilines is 1. The number of aromatic nitrogens is 1. The largest absolute Gasteiger partial charge is 0.481 e. The zero-order valence-corrected chi connectivity index (χ0v) is 14.5. The van der Waals surface area contributed by atoms with Crippen LogP contribution in [0.25, 0.3) is 21.0 Å². The third-order valence-electron chi connectivity index (χ3n) is 5.37. The van der Waals surface area contributed by atoms with Crippen molar-refractivity contribution in [2.75, 3.05) is 5.32 Å². The summed E-state index contributed by atoms with van der Waals surface area (Å²) in [6, 6.07) is 12.0. The minimum Gasteiger partial charge on any atom is -0.481 e. The van der Waals surface area contributed by atoms with E-state index in [1.54, 1.807) is 0 Å². The molecule has 6 nitrogen and oxygen atoms in total. The van der Waals surface area contributed by atoms with E-state index in [4.69, 9.17) is 4.74 Å². The molecule has 2 aliphatic heterocycles. The number of hydrogen-bond acceptors (Lipinski definition) is 5. The molecule has 132 valence electrons. The Bertz CT molecular complexity index is 1050. The van der Waals surface area contributed by atoms with Gasteiger partial charge in [0.05, 0.1) is 34.3 Å². The highest BCUT2D eigenvalue weighted by Crippen LogP contribution is 2.44. The van der Waals surface area contributed by atoms with E-state index in [9.17, 15) is 14.7 Å². The molecule has 0 spiro atoms. The van der Waals surface area contributed by atoms with Gasteiger partial charge in [-0.15, -0.1) is 0 Å². The van der Waals surface area contributed by atoms with Crippen LogP contribution in [0.4, 0.5) is 5.13 Å². The van der Waals surface area contributed by atoms with Crippen LogP contribution in [0.3, 0.4) is 0 Å². The fourth-order valence-corrected chi connectivity index (χ4v) is 5.11. The van der Waals surface area contributed by atoms with E-state index in [1.165, 1.54) is 11.3 Å². The molecule has 7 heteroatoms. The number of aliphatic carboxylic acids is 1. The predicted molar refractivity (Wildman–Crippen MR) is 98.3 cm³/mol. The Morgan fingerprint density at radius 1 is 1.12 bits per heavy atom. The first-order valence-electron chi connectivity index (χ1n) is 8.59. The Hall–Kier alpha value is -2.51. The van der Waals surface area contributed by atoms with Crippen LogP contribution in [0.15, 0.2) is 36.4 Å². The lowest BCUT2D eigenvalue weighted by Gasteiger charge is -2.23. The van der Waals surface area contributed by atoms with Crippen LogP contribution in [0.2, 0.25) is 0 Å². The second-order valence-corrected chi connectivity index (χ2v) is 7.85. The van der Waals surface area contributed by atoms with Gasteiger partial charge in [0, 0.05) is 5.39 Å². The van der Waals surface area contributed by atoms with Gasteiger partial charge in [-0.3, -0.25) is 9.59 Å². The molecule has 5 rings (SSSR count). The summed E-state index contributed by atoms with van der Waals surface area (Å²) < 4.78 is 6.66. The van der Waals surface area contributed by atoms with Crippen molar-refractivity contribution >= 4 is 49.3 Å². The molecule has 4 unspecified atom stereocenters. The van der Waals surface area contributed by atoms with E-state index < -0.39 is 17.8 Å². The molecule has 26 heavy (non-hydrogen) atoms. The van der Waals surface area contributed by atoms with E-state index in [0.717, 1.165) is 27.4 Å². The molecule has 0 radical (unpaired) electrons. The van der Waals surface area contributed by atoms with Crippen LogP contribution in [-0.2, 0) is 14.3 Å². The van der Waals surface area contributed by atoms with Crippen LogP contribution in [0, 0.1) is 11.8 Å². The number of carbonyl (C=O) groups excluding carboxylic acids is 1. The summed E-state index contributed by atoms with van der Waals surface area (Å²) in [5.41, 5.74) is 0.849. The lowest BCUT2D eigenvalue weighted by atomic mass is 9.79. The molecule has 0 aliphatic carbocycles. The van der Waals surface area contributed by atoms with E-state index >= 15 is 0 Å². The first-order chi connectivity index (χ1) is 12.6. The van der Waals surface area contributed by atoms with Gasteiger partial charge in [0.15, 0.2) is 5.13 Å². The number of carbonyl (C=O) groups is 2.